The van der Waals surface area contributed by atoms with Crippen LogP contribution in [0.4, 0.5) is 0 Å². The average molecular weight is 359 g/mol. The fourth-order valence-corrected chi connectivity index (χ4v) is 4.17. The van der Waals surface area contributed by atoms with Crippen LogP contribution in [-0.4, -0.2) is 71.6 Å². The van der Waals surface area contributed by atoms with E-state index in [1.54, 1.807) is 4.90 Å². The van der Waals surface area contributed by atoms with Crippen LogP contribution in [0.1, 0.15) is 30.9 Å². The molecule has 1 aliphatic carbocycles. The van der Waals surface area contributed by atoms with Crippen molar-refractivity contribution in [2.45, 2.75) is 43.7 Å². The molecule has 1 aromatic rings. The number of likely N-dealkylation sites (tertiary alicyclic amines) is 1. The van der Waals surface area contributed by atoms with Gasteiger partial charge in [0.15, 0.2) is 5.60 Å². The molecule has 1 aliphatic heterocycles. The predicted octanol–water partition coefficient (Wildman–Crippen LogP) is 0.575. The van der Waals surface area contributed by atoms with Gasteiger partial charge in [-0.2, -0.15) is 0 Å². The van der Waals surface area contributed by atoms with Gasteiger partial charge in [0.1, 0.15) is 0 Å². The van der Waals surface area contributed by atoms with Gasteiger partial charge in [0.05, 0.1) is 6.54 Å². The number of carbonyl (C=O) groups is 2. The molecule has 1 atom stereocenters. The summed E-state index contributed by atoms with van der Waals surface area (Å²) >= 11 is 0. The van der Waals surface area contributed by atoms with Gasteiger partial charge in [-0.1, -0.05) is 24.3 Å². The molecule has 1 heterocycles. The smallest absolute Gasteiger partial charge is 0.253 e. The third-order valence-corrected chi connectivity index (χ3v) is 6.02. The molecule has 0 radical (unpaired) electrons. The molecular formula is C20H29N3O3. The largest absolute Gasteiger partial charge is 0.378 e. The second-order valence-electron chi connectivity index (χ2n) is 8.00. The molecule has 2 N–H and O–H groups in total. The lowest BCUT2D eigenvalue weighted by Gasteiger charge is -2.40. The highest BCUT2D eigenvalue weighted by molar-refractivity contribution is 5.86. The fraction of sp³-hybridized carbons (Fsp3) is 0.600. The van der Waals surface area contributed by atoms with Crippen LogP contribution in [0.15, 0.2) is 24.3 Å². The van der Waals surface area contributed by atoms with Gasteiger partial charge in [-0.3, -0.25) is 9.59 Å². The zero-order chi connectivity index (χ0) is 18.9. The minimum absolute atomic E-state index is 0.0728. The van der Waals surface area contributed by atoms with Crippen molar-refractivity contribution in [1.82, 2.24) is 15.1 Å². The van der Waals surface area contributed by atoms with Crippen LogP contribution in [0.3, 0.4) is 0 Å². The Balaban J connectivity index is 1.69. The van der Waals surface area contributed by atoms with E-state index in [1.165, 1.54) is 18.1 Å². The first-order valence-electron chi connectivity index (χ1n) is 9.26. The molecule has 2 amide bonds. The number of nitrogens with one attached hydrogen (secondary N) is 1. The molecule has 0 aromatic heterocycles. The van der Waals surface area contributed by atoms with Crippen LogP contribution in [0, 0.1) is 0 Å². The summed E-state index contributed by atoms with van der Waals surface area (Å²) in [6.07, 6.45) is 2.76. The number of piperidine rings is 1. The van der Waals surface area contributed by atoms with Crippen LogP contribution in [0.2, 0.25) is 0 Å². The molecule has 0 spiro atoms. The number of amides is 2. The summed E-state index contributed by atoms with van der Waals surface area (Å²) < 4.78 is 0. The Morgan fingerprint density at radius 2 is 1.85 bits per heavy atom. The van der Waals surface area contributed by atoms with Crippen molar-refractivity contribution >= 4 is 11.8 Å². The van der Waals surface area contributed by atoms with Gasteiger partial charge in [0, 0.05) is 25.6 Å². The van der Waals surface area contributed by atoms with Crippen molar-refractivity contribution < 1.29 is 14.7 Å². The SMILES string of the molecule is CC(=O)N1CCC[C@](O)(C(=O)NCC2(N(C)C)Cc3ccccc3C2)C1. The van der Waals surface area contributed by atoms with E-state index in [0.717, 1.165) is 12.8 Å². The van der Waals surface area contributed by atoms with Gasteiger partial charge in [-0.25, -0.2) is 0 Å². The van der Waals surface area contributed by atoms with Crippen LogP contribution >= 0.6 is 0 Å². The van der Waals surface area contributed by atoms with E-state index >= 15 is 0 Å². The van der Waals surface area contributed by atoms with Crippen LogP contribution in [0.5, 0.6) is 0 Å². The topological polar surface area (TPSA) is 72.9 Å². The predicted molar refractivity (Wildman–Crippen MR) is 99.7 cm³/mol. The zero-order valence-corrected chi connectivity index (χ0v) is 15.9. The number of nitrogens with zero attached hydrogens (tertiary/aromatic N) is 2. The highest BCUT2D eigenvalue weighted by Crippen LogP contribution is 2.33. The van der Waals surface area contributed by atoms with E-state index in [9.17, 15) is 14.7 Å². The molecule has 3 rings (SSSR count). The van der Waals surface area contributed by atoms with E-state index < -0.39 is 5.60 Å². The number of β-amino-alcohol motifs (C(OH)–C–C–N with tert-alkyl or cyclic N) is 1. The minimum atomic E-state index is -1.50. The molecule has 26 heavy (non-hydrogen) atoms. The van der Waals surface area contributed by atoms with E-state index in [4.69, 9.17) is 0 Å². The number of aliphatic hydroxyl groups is 1. The average Bonchev–Trinajstić information content (AvgIpc) is 2.99. The number of hydrogen-bond acceptors (Lipinski definition) is 4. The van der Waals surface area contributed by atoms with E-state index in [0.29, 0.717) is 25.9 Å². The number of fused-ring (bicyclic) bond motifs is 1. The standard InChI is InChI=1S/C20H29N3O3/c1-15(24)23-10-6-9-20(26,14-23)18(25)21-13-19(22(2)3)11-16-7-4-5-8-17(16)12-19/h4-5,7-8,26H,6,9-14H2,1-3H3,(H,21,25)/t20-/m1/s1. The van der Waals surface area contributed by atoms with Gasteiger partial charge in [0.25, 0.3) is 5.91 Å². The highest BCUT2D eigenvalue weighted by atomic mass is 16.3. The van der Waals surface area contributed by atoms with Crippen molar-refractivity contribution in [3.63, 3.8) is 0 Å². The van der Waals surface area contributed by atoms with Gasteiger partial charge in [-0.15, -0.1) is 0 Å². The van der Waals surface area contributed by atoms with Gasteiger partial charge < -0.3 is 20.2 Å². The number of likely N-dealkylation sites (N-methyl/N-ethyl adjacent to an activating group) is 1. The summed E-state index contributed by atoms with van der Waals surface area (Å²) in [7, 11) is 4.07. The molecule has 0 unspecified atom stereocenters. The first-order valence-corrected chi connectivity index (χ1v) is 9.26. The number of benzene rings is 1. The van der Waals surface area contributed by atoms with Crippen molar-refractivity contribution in [2.75, 3.05) is 33.7 Å². The monoisotopic (exact) mass is 359 g/mol. The molecule has 0 bridgehead atoms. The summed E-state index contributed by atoms with van der Waals surface area (Å²) in [5.74, 6) is -0.479. The molecule has 1 saturated heterocycles. The van der Waals surface area contributed by atoms with Gasteiger partial charge >= 0.3 is 0 Å². The minimum Gasteiger partial charge on any atom is -0.378 e. The fourth-order valence-electron chi connectivity index (χ4n) is 4.17. The Bertz CT molecular complexity index is 678. The van der Waals surface area contributed by atoms with Gasteiger partial charge in [0.2, 0.25) is 5.91 Å². The van der Waals surface area contributed by atoms with Crippen molar-refractivity contribution in [2.24, 2.45) is 0 Å². The van der Waals surface area contributed by atoms with E-state index in [-0.39, 0.29) is 23.9 Å². The summed E-state index contributed by atoms with van der Waals surface area (Å²) in [6, 6.07) is 8.37. The Hall–Kier alpha value is -1.92. The Morgan fingerprint density at radius 1 is 1.23 bits per heavy atom. The Labute approximate surface area is 155 Å². The highest BCUT2D eigenvalue weighted by Gasteiger charge is 2.44. The molecule has 0 saturated carbocycles. The van der Waals surface area contributed by atoms with Crippen molar-refractivity contribution in [3.05, 3.63) is 35.4 Å². The van der Waals surface area contributed by atoms with Crippen molar-refractivity contribution in [1.29, 1.82) is 0 Å². The second kappa shape index (κ2) is 7.00. The van der Waals surface area contributed by atoms with E-state index in [2.05, 4.69) is 22.3 Å². The summed E-state index contributed by atoms with van der Waals surface area (Å²) in [4.78, 5) is 28.1. The Morgan fingerprint density at radius 3 is 2.38 bits per heavy atom. The summed E-state index contributed by atoms with van der Waals surface area (Å²) in [6.45, 7) is 2.61. The number of carbonyl (C=O) groups excluding carboxylic acids is 2. The lowest BCUT2D eigenvalue weighted by Crippen LogP contribution is -2.61. The molecular weight excluding hydrogens is 330 g/mol. The molecule has 1 fully saturated rings. The quantitative estimate of drug-likeness (QED) is 0.825. The molecule has 6 heteroatoms. The summed E-state index contributed by atoms with van der Waals surface area (Å²) in [5.41, 5.74) is 0.942. The summed E-state index contributed by atoms with van der Waals surface area (Å²) in [5, 5.41) is 13.8. The first kappa shape index (κ1) is 18.9. The second-order valence-corrected chi connectivity index (χ2v) is 8.00. The molecule has 2 aliphatic rings. The van der Waals surface area contributed by atoms with Crippen LogP contribution in [0.25, 0.3) is 0 Å². The van der Waals surface area contributed by atoms with Gasteiger partial charge in [-0.05, 0) is 50.9 Å². The third-order valence-electron chi connectivity index (χ3n) is 6.02. The normalized spacial score (nSPS) is 24.4. The third kappa shape index (κ3) is 3.48. The maximum absolute atomic E-state index is 12.8. The first-order chi connectivity index (χ1) is 12.3. The zero-order valence-electron chi connectivity index (χ0n) is 15.9. The lowest BCUT2D eigenvalue weighted by atomic mass is 9.90. The number of rotatable bonds is 4. The van der Waals surface area contributed by atoms with Crippen molar-refractivity contribution in [3.8, 4) is 0 Å². The molecule has 142 valence electrons. The lowest BCUT2D eigenvalue weighted by molar-refractivity contribution is -0.151. The maximum atomic E-state index is 12.8. The maximum Gasteiger partial charge on any atom is 0.253 e. The number of hydrogen-bond donors (Lipinski definition) is 2. The van der Waals surface area contributed by atoms with Crippen LogP contribution in [-0.2, 0) is 22.4 Å². The molecule has 6 nitrogen and oxygen atoms in total. The van der Waals surface area contributed by atoms with Crippen LogP contribution < -0.4 is 5.32 Å². The molecule has 1 aromatic carbocycles. The van der Waals surface area contributed by atoms with E-state index in [1.807, 2.05) is 26.2 Å². The Kier molecular flexibility index (Phi) is 5.08.